The summed E-state index contributed by atoms with van der Waals surface area (Å²) < 4.78 is 20.9. The molecule has 0 spiro atoms. The fourth-order valence-electron chi connectivity index (χ4n) is 0.679. The summed E-state index contributed by atoms with van der Waals surface area (Å²) in [4.78, 5) is 8.50. The van der Waals surface area contributed by atoms with Crippen molar-refractivity contribution < 1.29 is 18.6 Å². The highest BCUT2D eigenvalue weighted by Crippen LogP contribution is 2.13. The van der Waals surface area contributed by atoms with Crippen molar-refractivity contribution in [3.63, 3.8) is 0 Å². The monoisotopic (exact) mass is 225 g/mol. The third-order valence-electron chi connectivity index (χ3n) is 1.64. The van der Waals surface area contributed by atoms with Crippen LogP contribution in [-0.2, 0) is 13.7 Å². The van der Waals surface area contributed by atoms with Crippen LogP contribution in [0.5, 0.6) is 0 Å². The van der Waals surface area contributed by atoms with Crippen molar-refractivity contribution in [1.29, 1.82) is 0 Å². The summed E-state index contributed by atoms with van der Waals surface area (Å²) in [6, 6.07) is 0. The molecule has 0 aromatic heterocycles. The van der Waals surface area contributed by atoms with Crippen LogP contribution in [-0.4, -0.2) is 39.3 Å². The van der Waals surface area contributed by atoms with Gasteiger partial charge in [0.05, 0.1) is 12.8 Å². The van der Waals surface area contributed by atoms with Crippen molar-refractivity contribution in [2.75, 3.05) is 26.1 Å². The first-order valence-corrected chi connectivity index (χ1v) is 8.76. The Kier molecular flexibility index (Phi) is 6.72. The van der Waals surface area contributed by atoms with Gasteiger partial charge in [-0.05, 0) is 17.7 Å². The van der Waals surface area contributed by atoms with E-state index in [-0.39, 0.29) is 0 Å². The van der Waals surface area contributed by atoms with Crippen molar-refractivity contribution in [2.45, 2.75) is 19.5 Å². The van der Waals surface area contributed by atoms with Crippen molar-refractivity contribution in [3.8, 4) is 0 Å². The fraction of sp³-hybridized carbons (Fsp3) is 1.00. The zero-order chi connectivity index (χ0) is 10.3. The Hall–Kier alpha value is 0.197. The van der Waals surface area contributed by atoms with Crippen LogP contribution in [0.1, 0.15) is 6.42 Å². The number of hydrogen-bond acceptors (Lipinski definition) is 3. The predicted octanol–water partition coefficient (Wildman–Crippen LogP) is 1.52. The fourth-order valence-corrected chi connectivity index (χ4v) is 1.83. The first-order chi connectivity index (χ1) is 5.98. The summed E-state index contributed by atoms with van der Waals surface area (Å²) in [5, 5.41) is 0. The molecule has 0 aromatic carbocycles. The Morgan fingerprint density at radius 2 is 2.08 bits per heavy atom. The molecule has 13 heavy (non-hydrogen) atoms. The minimum absolute atomic E-state index is 0.324. The van der Waals surface area contributed by atoms with Gasteiger partial charge in [-0.1, -0.05) is 0 Å². The van der Waals surface area contributed by atoms with Crippen LogP contribution < -0.4 is 0 Å². The van der Waals surface area contributed by atoms with Gasteiger partial charge in [0.1, 0.15) is 0 Å². The zero-order valence-electron chi connectivity index (χ0n) is 8.45. The van der Waals surface area contributed by atoms with Gasteiger partial charge in [-0.25, -0.2) is 0 Å². The quantitative estimate of drug-likeness (QED) is 0.405. The van der Waals surface area contributed by atoms with Crippen LogP contribution in [0.3, 0.4) is 0 Å². The van der Waals surface area contributed by atoms with Gasteiger partial charge < -0.3 is 9.16 Å². The molecule has 1 unspecified atom stereocenters. The van der Waals surface area contributed by atoms with Crippen LogP contribution in [0.2, 0.25) is 13.1 Å². The smallest absolute Gasteiger partial charge is 0.418 e. The molecule has 0 aliphatic heterocycles. The van der Waals surface area contributed by atoms with Crippen LogP contribution in [0.4, 0.5) is 0 Å². The van der Waals surface area contributed by atoms with E-state index >= 15 is 0 Å². The number of ether oxygens (including phenoxy) is 1. The van der Waals surface area contributed by atoms with Crippen LogP contribution >= 0.6 is 8.03 Å². The molecule has 0 amide bonds. The SMILES string of the molecule is CO[Si](C)(C)COCCC[P+](=O)O. The van der Waals surface area contributed by atoms with E-state index in [0.717, 1.165) is 0 Å². The van der Waals surface area contributed by atoms with Crippen molar-refractivity contribution >= 4 is 16.3 Å². The molecular formula is C7H18O4PSi+. The van der Waals surface area contributed by atoms with Crippen molar-refractivity contribution in [3.05, 3.63) is 0 Å². The van der Waals surface area contributed by atoms with E-state index in [1.807, 2.05) is 0 Å². The lowest BCUT2D eigenvalue weighted by atomic mass is 10.5. The minimum atomic E-state index is -2.00. The molecule has 6 heteroatoms. The van der Waals surface area contributed by atoms with E-state index < -0.39 is 16.3 Å². The van der Waals surface area contributed by atoms with Gasteiger partial charge in [-0.15, -0.1) is 0 Å². The Bertz CT molecular complexity index is 163. The van der Waals surface area contributed by atoms with Gasteiger partial charge in [0.25, 0.3) is 0 Å². The lowest BCUT2D eigenvalue weighted by Gasteiger charge is -2.19. The van der Waals surface area contributed by atoms with Crippen LogP contribution in [0, 0.1) is 0 Å². The van der Waals surface area contributed by atoms with Crippen LogP contribution in [0.15, 0.2) is 0 Å². The molecule has 0 radical (unpaired) electrons. The Labute approximate surface area is 81.2 Å². The molecule has 0 saturated heterocycles. The number of hydrogen-bond donors (Lipinski definition) is 1. The van der Waals surface area contributed by atoms with Gasteiger partial charge in [-0.2, -0.15) is 4.89 Å². The largest absolute Gasteiger partial charge is 0.505 e. The third-order valence-corrected chi connectivity index (χ3v) is 4.34. The second-order valence-corrected chi connectivity index (χ2v) is 8.81. The highest BCUT2D eigenvalue weighted by molar-refractivity contribution is 7.37. The maximum atomic E-state index is 10.3. The molecule has 0 aromatic rings. The van der Waals surface area contributed by atoms with Crippen LogP contribution in [0.25, 0.3) is 0 Å². The van der Waals surface area contributed by atoms with E-state index in [1.165, 1.54) is 0 Å². The minimum Gasteiger partial charge on any atom is -0.418 e. The lowest BCUT2D eigenvalue weighted by molar-refractivity contribution is 0.160. The van der Waals surface area contributed by atoms with E-state index in [4.69, 9.17) is 14.1 Å². The lowest BCUT2D eigenvalue weighted by Crippen LogP contribution is -2.35. The van der Waals surface area contributed by atoms with Crippen molar-refractivity contribution in [2.24, 2.45) is 0 Å². The van der Waals surface area contributed by atoms with E-state index in [2.05, 4.69) is 13.1 Å². The maximum absolute atomic E-state index is 10.3. The van der Waals surface area contributed by atoms with E-state index in [0.29, 0.717) is 25.4 Å². The molecule has 78 valence electrons. The van der Waals surface area contributed by atoms with Gasteiger partial charge in [0.15, 0.2) is 6.16 Å². The molecule has 0 aliphatic rings. The highest BCUT2D eigenvalue weighted by Gasteiger charge is 2.20. The molecule has 4 nitrogen and oxygen atoms in total. The van der Waals surface area contributed by atoms with Gasteiger partial charge in [0.2, 0.25) is 8.32 Å². The first-order valence-electron chi connectivity index (χ1n) is 4.24. The second kappa shape index (κ2) is 6.62. The Balaban J connectivity index is 3.30. The normalized spacial score (nSPS) is 13.1. The van der Waals surface area contributed by atoms with E-state index in [9.17, 15) is 4.57 Å². The molecular weight excluding hydrogens is 207 g/mol. The molecule has 1 atom stereocenters. The zero-order valence-corrected chi connectivity index (χ0v) is 10.3. The Morgan fingerprint density at radius 1 is 1.46 bits per heavy atom. The summed E-state index contributed by atoms with van der Waals surface area (Å²) in [5.74, 6) is 0. The average molecular weight is 225 g/mol. The molecule has 0 aliphatic carbocycles. The van der Waals surface area contributed by atoms with Gasteiger partial charge in [-0.3, -0.25) is 0 Å². The van der Waals surface area contributed by atoms with Gasteiger partial charge in [0, 0.05) is 13.5 Å². The topological polar surface area (TPSA) is 55.8 Å². The molecule has 0 bridgehead atoms. The first kappa shape index (κ1) is 13.2. The third kappa shape index (κ3) is 8.52. The Morgan fingerprint density at radius 3 is 2.54 bits per heavy atom. The molecule has 0 heterocycles. The predicted molar refractivity (Wildman–Crippen MR) is 54.6 cm³/mol. The molecule has 0 saturated carbocycles. The maximum Gasteiger partial charge on any atom is 0.505 e. The average Bonchev–Trinajstić information content (AvgIpc) is 2.03. The molecule has 1 N–H and O–H groups in total. The number of rotatable bonds is 7. The molecule has 0 rings (SSSR count). The standard InChI is InChI=1S/C7H17O4PSi/c1-10-13(2,3)7-11-5-4-6-12(8)9/h4-7H2,1-3H3/p+1. The summed E-state index contributed by atoms with van der Waals surface area (Å²) in [7, 11) is -1.92. The summed E-state index contributed by atoms with van der Waals surface area (Å²) in [6.45, 7) is 4.68. The second-order valence-electron chi connectivity index (χ2n) is 3.45. The van der Waals surface area contributed by atoms with E-state index in [1.54, 1.807) is 7.11 Å². The summed E-state index contributed by atoms with van der Waals surface area (Å²) in [5.41, 5.74) is 0. The van der Waals surface area contributed by atoms with Crippen molar-refractivity contribution in [1.82, 2.24) is 0 Å². The highest BCUT2D eigenvalue weighted by atomic mass is 31.1. The van der Waals surface area contributed by atoms with Gasteiger partial charge >= 0.3 is 8.03 Å². The summed E-state index contributed by atoms with van der Waals surface area (Å²) in [6.07, 6.45) is 1.61. The summed E-state index contributed by atoms with van der Waals surface area (Å²) >= 11 is 0. The molecule has 0 fully saturated rings.